The molecule has 1 fully saturated rings. The smallest absolute Gasteiger partial charge is 0.318 e. The highest BCUT2D eigenvalue weighted by molar-refractivity contribution is 7.19. The van der Waals surface area contributed by atoms with Gasteiger partial charge in [0.1, 0.15) is 5.69 Å². The molecule has 1 saturated heterocycles. The van der Waals surface area contributed by atoms with Crippen LogP contribution in [-0.4, -0.2) is 39.2 Å². The van der Waals surface area contributed by atoms with Crippen molar-refractivity contribution in [3.8, 4) is 10.6 Å². The third-order valence-corrected chi connectivity index (χ3v) is 5.88. The van der Waals surface area contributed by atoms with Gasteiger partial charge in [-0.05, 0) is 37.6 Å². The summed E-state index contributed by atoms with van der Waals surface area (Å²) in [6.07, 6.45) is -4.41. The zero-order valence-corrected chi connectivity index (χ0v) is 16.6. The fourth-order valence-electron chi connectivity index (χ4n) is 3.24. The fourth-order valence-corrected chi connectivity index (χ4v) is 4.29. The Morgan fingerprint density at radius 3 is 2.69 bits per heavy atom. The summed E-state index contributed by atoms with van der Waals surface area (Å²) < 4.78 is 38.8. The van der Waals surface area contributed by atoms with E-state index in [4.69, 9.17) is 0 Å². The predicted molar refractivity (Wildman–Crippen MR) is 104 cm³/mol. The first-order chi connectivity index (χ1) is 13.7. The number of aryl methyl sites for hydroxylation is 2. The number of aromatic amines is 1. The van der Waals surface area contributed by atoms with Gasteiger partial charge in [-0.15, -0.1) is 0 Å². The SMILES string of the molecule is Cc1cc(-c2sc(N3CCN(Cc4cccc(C(F)(F)F)c4)C3=O)nc2C)n[nH]1. The van der Waals surface area contributed by atoms with E-state index in [9.17, 15) is 18.0 Å². The summed E-state index contributed by atoms with van der Waals surface area (Å²) in [5.41, 5.74) is 2.21. The molecular weight excluding hydrogens is 403 g/mol. The molecular formula is C19H18F3N5OS. The average Bonchev–Trinajstić information content (AvgIpc) is 3.34. The Kier molecular flexibility index (Phi) is 4.81. The zero-order valence-electron chi connectivity index (χ0n) is 15.7. The molecule has 3 aromatic rings. The second kappa shape index (κ2) is 7.18. The molecule has 1 N–H and O–H groups in total. The van der Waals surface area contributed by atoms with E-state index >= 15 is 0 Å². The van der Waals surface area contributed by atoms with Gasteiger partial charge in [-0.1, -0.05) is 23.5 Å². The molecule has 2 amide bonds. The van der Waals surface area contributed by atoms with Crippen molar-refractivity contribution < 1.29 is 18.0 Å². The summed E-state index contributed by atoms with van der Waals surface area (Å²) in [5, 5.41) is 7.70. The van der Waals surface area contributed by atoms with Gasteiger partial charge in [-0.2, -0.15) is 18.3 Å². The van der Waals surface area contributed by atoms with E-state index in [0.29, 0.717) is 23.8 Å². The van der Waals surface area contributed by atoms with Crippen LogP contribution in [0.2, 0.25) is 0 Å². The Balaban J connectivity index is 1.51. The quantitative estimate of drug-likeness (QED) is 0.669. The van der Waals surface area contributed by atoms with Crippen molar-refractivity contribution in [1.29, 1.82) is 0 Å². The van der Waals surface area contributed by atoms with Crippen LogP contribution < -0.4 is 4.90 Å². The number of alkyl halides is 3. The number of amides is 2. The van der Waals surface area contributed by atoms with Gasteiger partial charge in [0.25, 0.3) is 0 Å². The average molecular weight is 421 g/mol. The molecule has 0 bridgehead atoms. The molecule has 3 heterocycles. The van der Waals surface area contributed by atoms with E-state index in [0.717, 1.165) is 34.1 Å². The van der Waals surface area contributed by atoms with E-state index in [1.807, 2.05) is 19.9 Å². The first-order valence-electron chi connectivity index (χ1n) is 8.95. The Morgan fingerprint density at radius 2 is 2.00 bits per heavy atom. The van der Waals surface area contributed by atoms with Gasteiger partial charge in [-0.3, -0.25) is 10.00 Å². The number of rotatable bonds is 4. The second-order valence-electron chi connectivity index (χ2n) is 6.90. The lowest BCUT2D eigenvalue weighted by molar-refractivity contribution is -0.137. The highest BCUT2D eigenvalue weighted by Crippen LogP contribution is 2.35. The van der Waals surface area contributed by atoms with E-state index in [2.05, 4.69) is 15.2 Å². The molecule has 4 rings (SSSR count). The van der Waals surface area contributed by atoms with E-state index < -0.39 is 11.7 Å². The number of hydrogen-bond acceptors (Lipinski definition) is 4. The first kappa shape index (κ1) is 19.4. The molecule has 0 saturated carbocycles. The number of hydrogen-bond donors (Lipinski definition) is 1. The molecule has 1 aliphatic heterocycles. The van der Waals surface area contributed by atoms with Gasteiger partial charge in [0.15, 0.2) is 5.13 Å². The van der Waals surface area contributed by atoms with Crippen LogP contribution in [-0.2, 0) is 12.7 Å². The summed E-state index contributed by atoms with van der Waals surface area (Å²) in [4.78, 5) is 21.3. The van der Waals surface area contributed by atoms with Crippen molar-refractivity contribution in [2.24, 2.45) is 0 Å². The Bertz CT molecular complexity index is 1060. The van der Waals surface area contributed by atoms with E-state index in [1.165, 1.54) is 22.3 Å². The molecule has 1 aromatic carbocycles. The van der Waals surface area contributed by atoms with Crippen LogP contribution in [0.15, 0.2) is 30.3 Å². The number of anilines is 1. The minimum atomic E-state index is -4.41. The van der Waals surface area contributed by atoms with Crippen molar-refractivity contribution in [2.75, 3.05) is 18.0 Å². The summed E-state index contributed by atoms with van der Waals surface area (Å²) >= 11 is 1.38. The number of thiazole rings is 1. The maximum atomic E-state index is 12.9. The van der Waals surface area contributed by atoms with Crippen molar-refractivity contribution in [2.45, 2.75) is 26.6 Å². The third kappa shape index (κ3) is 3.84. The van der Waals surface area contributed by atoms with Gasteiger partial charge < -0.3 is 4.90 Å². The largest absolute Gasteiger partial charge is 0.416 e. The molecule has 1 aliphatic rings. The number of nitrogens with zero attached hydrogens (tertiary/aromatic N) is 4. The Hall–Kier alpha value is -2.88. The molecule has 152 valence electrons. The number of urea groups is 1. The van der Waals surface area contributed by atoms with Crippen LogP contribution in [0.1, 0.15) is 22.5 Å². The lowest BCUT2D eigenvalue weighted by Gasteiger charge is -2.17. The predicted octanol–water partition coefficient (Wildman–Crippen LogP) is 4.61. The van der Waals surface area contributed by atoms with Gasteiger partial charge in [-0.25, -0.2) is 9.78 Å². The van der Waals surface area contributed by atoms with Crippen molar-refractivity contribution in [3.05, 3.63) is 52.8 Å². The maximum Gasteiger partial charge on any atom is 0.416 e. The van der Waals surface area contributed by atoms with Crippen LogP contribution in [0.3, 0.4) is 0 Å². The van der Waals surface area contributed by atoms with E-state index in [-0.39, 0.29) is 12.6 Å². The number of carbonyl (C=O) groups excluding carboxylic acids is 1. The normalized spacial score (nSPS) is 14.9. The number of benzene rings is 1. The molecule has 2 aromatic heterocycles. The highest BCUT2D eigenvalue weighted by atomic mass is 32.1. The molecule has 0 unspecified atom stereocenters. The molecule has 10 heteroatoms. The molecule has 29 heavy (non-hydrogen) atoms. The molecule has 0 atom stereocenters. The summed E-state index contributed by atoms with van der Waals surface area (Å²) in [5.74, 6) is 0. The topological polar surface area (TPSA) is 65.1 Å². The summed E-state index contributed by atoms with van der Waals surface area (Å²) in [6, 6.07) is 6.71. The molecule has 0 aliphatic carbocycles. The minimum Gasteiger partial charge on any atom is -0.318 e. The number of nitrogens with one attached hydrogen (secondary N) is 1. The minimum absolute atomic E-state index is 0.120. The van der Waals surface area contributed by atoms with Crippen LogP contribution >= 0.6 is 11.3 Å². The zero-order chi connectivity index (χ0) is 20.8. The van der Waals surface area contributed by atoms with E-state index in [1.54, 1.807) is 11.0 Å². The fraction of sp³-hybridized carbons (Fsp3) is 0.316. The summed E-state index contributed by atoms with van der Waals surface area (Å²) in [6.45, 7) is 4.74. The first-order valence-corrected chi connectivity index (χ1v) is 9.76. The molecule has 0 spiro atoms. The summed E-state index contributed by atoms with van der Waals surface area (Å²) in [7, 11) is 0. The van der Waals surface area contributed by atoms with Crippen LogP contribution in [0.25, 0.3) is 10.6 Å². The standard InChI is InChI=1S/C19H18F3N5OS/c1-11-8-15(25-24-11)16-12(2)23-17(29-16)27-7-6-26(18(27)28)10-13-4-3-5-14(9-13)19(20,21)22/h3-5,8-9H,6-7,10H2,1-2H3,(H,24,25). The van der Waals surface area contributed by atoms with Gasteiger partial charge in [0, 0.05) is 25.3 Å². The van der Waals surface area contributed by atoms with Crippen molar-refractivity contribution in [3.63, 3.8) is 0 Å². The van der Waals surface area contributed by atoms with Gasteiger partial charge >= 0.3 is 12.2 Å². The monoisotopic (exact) mass is 421 g/mol. The maximum absolute atomic E-state index is 12.9. The second-order valence-corrected chi connectivity index (χ2v) is 7.88. The van der Waals surface area contributed by atoms with Crippen LogP contribution in [0, 0.1) is 13.8 Å². The highest BCUT2D eigenvalue weighted by Gasteiger charge is 2.33. The van der Waals surface area contributed by atoms with Crippen LogP contribution in [0.4, 0.5) is 23.1 Å². The number of carbonyl (C=O) groups is 1. The van der Waals surface area contributed by atoms with Crippen molar-refractivity contribution >= 4 is 22.5 Å². The van der Waals surface area contributed by atoms with Gasteiger partial charge in [0.2, 0.25) is 0 Å². The number of H-pyrrole nitrogens is 1. The van der Waals surface area contributed by atoms with Crippen LogP contribution in [0.5, 0.6) is 0 Å². The lowest BCUT2D eigenvalue weighted by atomic mass is 10.1. The van der Waals surface area contributed by atoms with Crippen molar-refractivity contribution in [1.82, 2.24) is 20.1 Å². The Morgan fingerprint density at radius 1 is 1.21 bits per heavy atom. The number of halogens is 3. The van der Waals surface area contributed by atoms with Gasteiger partial charge in [0.05, 0.1) is 16.1 Å². The Labute approximate surface area is 169 Å². The molecule has 6 nitrogen and oxygen atoms in total. The third-order valence-electron chi connectivity index (χ3n) is 4.68. The lowest BCUT2D eigenvalue weighted by Crippen LogP contribution is -2.31. The molecule has 0 radical (unpaired) electrons. The number of aromatic nitrogens is 3.